The van der Waals surface area contributed by atoms with Crippen LogP contribution in [0.5, 0.6) is 0 Å². The van der Waals surface area contributed by atoms with Gasteiger partial charge in [-0.3, -0.25) is 4.98 Å². The van der Waals surface area contributed by atoms with Crippen molar-refractivity contribution in [1.29, 1.82) is 0 Å². The molecule has 36 heavy (non-hydrogen) atoms. The number of pyridine rings is 2. The standard InChI is InChI=1S/C28H32BF3N2O2/c1-24(2)15-25(3,4)19-13-16(9-11-18(19)24)22-17-10-12-21(28(30,31)32)34-23(17)20(14-33-22)29-35-26(5,6)27(7,8)36-29/h9-14H,15H2,1-8H3. The van der Waals surface area contributed by atoms with E-state index in [1.165, 1.54) is 17.2 Å². The van der Waals surface area contributed by atoms with Crippen LogP contribution in [0.15, 0.2) is 36.5 Å². The molecule has 1 aliphatic heterocycles. The molecular formula is C28H32BF3N2O2. The predicted molar refractivity (Wildman–Crippen MR) is 136 cm³/mol. The number of hydrogen-bond acceptors (Lipinski definition) is 4. The van der Waals surface area contributed by atoms with Gasteiger partial charge in [-0.1, -0.05) is 39.8 Å². The van der Waals surface area contributed by atoms with E-state index in [0.29, 0.717) is 16.5 Å². The normalized spacial score (nSPS) is 21.7. The first-order valence-electron chi connectivity index (χ1n) is 12.3. The van der Waals surface area contributed by atoms with Crippen LogP contribution in [-0.2, 0) is 26.3 Å². The second kappa shape index (κ2) is 7.54. The van der Waals surface area contributed by atoms with Gasteiger partial charge < -0.3 is 9.31 Å². The van der Waals surface area contributed by atoms with Crippen molar-refractivity contribution in [3.63, 3.8) is 0 Å². The Balaban J connectivity index is 1.71. The van der Waals surface area contributed by atoms with E-state index in [2.05, 4.69) is 44.8 Å². The topological polar surface area (TPSA) is 44.2 Å². The number of rotatable bonds is 2. The minimum atomic E-state index is -4.58. The Bertz CT molecular complexity index is 1360. The lowest BCUT2D eigenvalue weighted by atomic mass is 9.78. The molecule has 0 saturated carbocycles. The smallest absolute Gasteiger partial charge is 0.399 e. The minimum Gasteiger partial charge on any atom is -0.399 e. The fourth-order valence-electron chi connectivity index (χ4n) is 5.80. The summed E-state index contributed by atoms with van der Waals surface area (Å²) < 4.78 is 53.3. The van der Waals surface area contributed by atoms with Crippen molar-refractivity contribution < 1.29 is 22.5 Å². The van der Waals surface area contributed by atoms with E-state index in [4.69, 9.17) is 14.3 Å². The zero-order chi connectivity index (χ0) is 26.5. The maximum atomic E-state index is 13.7. The molecule has 1 aromatic carbocycles. The van der Waals surface area contributed by atoms with Gasteiger partial charge in [0.1, 0.15) is 5.69 Å². The number of alkyl halides is 3. The summed E-state index contributed by atoms with van der Waals surface area (Å²) in [5, 5.41) is 0.533. The Morgan fingerprint density at radius 1 is 0.833 bits per heavy atom. The highest BCUT2D eigenvalue weighted by atomic mass is 19.4. The van der Waals surface area contributed by atoms with Gasteiger partial charge in [0.2, 0.25) is 0 Å². The average Bonchev–Trinajstić information content (AvgIpc) is 3.08. The van der Waals surface area contributed by atoms with Gasteiger partial charge in [-0.15, -0.1) is 0 Å². The summed E-state index contributed by atoms with van der Waals surface area (Å²) in [5.74, 6) is 0. The molecule has 3 aromatic rings. The summed E-state index contributed by atoms with van der Waals surface area (Å²) in [7, 11) is -0.880. The first-order chi connectivity index (χ1) is 16.4. The Kier molecular flexibility index (Phi) is 5.28. The molecule has 8 heteroatoms. The SMILES string of the molecule is CC1(C)CC(C)(C)c2cc(-c3ncc(B4OC(C)(C)C(C)(C)O4)c4nc(C(F)(F)F)ccc34)ccc21. The van der Waals surface area contributed by atoms with E-state index in [0.717, 1.165) is 18.1 Å². The minimum absolute atomic E-state index is 0.0189. The summed E-state index contributed by atoms with van der Waals surface area (Å²) >= 11 is 0. The molecular weight excluding hydrogens is 464 g/mol. The Morgan fingerprint density at radius 2 is 1.44 bits per heavy atom. The van der Waals surface area contributed by atoms with E-state index < -0.39 is 30.2 Å². The van der Waals surface area contributed by atoms with Crippen LogP contribution in [0.1, 0.15) is 78.6 Å². The van der Waals surface area contributed by atoms with Gasteiger partial charge >= 0.3 is 13.3 Å². The first-order valence-corrected chi connectivity index (χ1v) is 12.3. The Morgan fingerprint density at radius 3 is 2.06 bits per heavy atom. The Labute approximate surface area is 210 Å². The summed E-state index contributed by atoms with van der Waals surface area (Å²) in [5.41, 5.74) is 2.34. The van der Waals surface area contributed by atoms with Crippen molar-refractivity contribution in [2.24, 2.45) is 0 Å². The molecule has 0 bridgehead atoms. The monoisotopic (exact) mass is 496 g/mol. The average molecular weight is 496 g/mol. The summed E-state index contributed by atoms with van der Waals surface area (Å²) in [6.07, 6.45) is -2.01. The lowest BCUT2D eigenvalue weighted by Crippen LogP contribution is -2.41. The van der Waals surface area contributed by atoms with Crippen LogP contribution < -0.4 is 5.46 Å². The van der Waals surface area contributed by atoms with E-state index in [1.807, 2.05) is 33.8 Å². The van der Waals surface area contributed by atoms with Crippen LogP contribution >= 0.6 is 0 Å². The lowest BCUT2D eigenvalue weighted by Gasteiger charge is -2.32. The van der Waals surface area contributed by atoms with Crippen LogP contribution in [0.3, 0.4) is 0 Å². The highest BCUT2D eigenvalue weighted by molar-refractivity contribution is 6.65. The van der Waals surface area contributed by atoms with Gasteiger partial charge in [0.25, 0.3) is 0 Å². The molecule has 5 rings (SSSR count). The highest BCUT2D eigenvalue weighted by Gasteiger charge is 2.52. The molecule has 0 amide bonds. The largest absolute Gasteiger partial charge is 0.498 e. The summed E-state index contributed by atoms with van der Waals surface area (Å²) in [4.78, 5) is 8.81. The van der Waals surface area contributed by atoms with Crippen molar-refractivity contribution in [2.75, 3.05) is 0 Å². The van der Waals surface area contributed by atoms with Crippen LogP contribution in [0.4, 0.5) is 13.2 Å². The molecule has 0 unspecified atom stereocenters. The Hall–Kier alpha value is -2.45. The first kappa shape index (κ1) is 25.2. The maximum absolute atomic E-state index is 13.7. The van der Waals surface area contributed by atoms with Gasteiger partial charge in [0, 0.05) is 22.6 Å². The number of aromatic nitrogens is 2. The van der Waals surface area contributed by atoms with E-state index >= 15 is 0 Å². The second-order valence-corrected chi connectivity index (χ2v) is 12.4. The van der Waals surface area contributed by atoms with Crippen molar-refractivity contribution in [3.8, 4) is 11.3 Å². The predicted octanol–water partition coefficient (Wildman–Crippen LogP) is 6.57. The molecule has 190 valence electrons. The van der Waals surface area contributed by atoms with E-state index in [1.54, 1.807) is 6.20 Å². The molecule has 2 aliphatic rings. The number of benzene rings is 1. The van der Waals surface area contributed by atoms with Crippen LogP contribution in [0, 0.1) is 0 Å². The molecule has 0 spiro atoms. The van der Waals surface area contributed by atoms with E-state index in [9.17, 15) is 13.2 Å². The number of fused-ring (bicyclic) bond motifs is 2. The second-order valence-electron chi connectivity index (χ2n) is 12.4. The molecule has 1 fully saturated rings. The van der Waals surface area contributed by atoms with E-state index in [-0.39, 0.29) is 16.3 Å². The third kappa shape index (κ3) is 3.84. The molecule has 4 nitrogen and oxygen atoms in total. The summed E-state index contributed by atoms with van der Waals surface area (Å²) in [6, 6.07) is 8.76. The van der Waals surface area contributed by atoms with Crippen LogP contribution in [0.2, 0.25) is 0 Å². The third-order valence-electron chi connectivity index (χ3n) is 8.19. The van der Waals surface area contributed by atoms with Crippen LogP contribution in [-0.4, -0.2) is 28.3 Å². The van der Waals surface area contributed by atoms with Gasteiger partial charge in [0.15, 0.2) is 0 Å². The molecule has 1 aliphatic carbocycles. The van der Waals surface area contributed by atoms with Crippen LogP contribution in [0.25, 0.3) is 22.2 Å². The zero-order valence-electron chi connectivity index (χ0n) is 22.1. The maximum Gasteiger partial charge on any atom is 0.498 e. The zero-order valence-corrected chi connectivity index (χ0v) is 22.1. The van der Waals surface area contributed by atoms with Crippen molar-refractivity contribution in [3.05, 3.63) is 53.3 Å². The number of nitrogens with zero attached hydrogens (tertiary/aromatic N) is 2. The fraction of sp³-hybridized carbons (Fsp3) is 0.500. The fourth-order valence-corrected chi connectivity index (χ4v) is 5.80. The third-order valence-corrected chi connectivity index (χ3v) is 8.19. The molecule has 3 heterocycles. The lowest BCUT2D eigenvalue weighted by molar-refractivity contribution is -0.140. The van der Waals surface area contributed by atoms with Crippen molar-refractivity contribution >= 4 is 23.5 Å². The van der Waals surface area contributed by atoms with Crippen molar-refractivity contribution in [1.82, 2.24) is 9.97 Å². The number of hydrogen-bond donors (Lipinski definition) is 0. The van der Waals surface area contributed by atoms with Gasteiger partial charge in [-0.2, -0.15) is 13.2 Å². The van der Waals surface area contributed by atoms with Gasteiger partial charge in [-0.25, -0.2) is 4.98 Å². The molecule has 0 radical (unpaired) electrons. The molecule has 0 atom stereocenters. The highest BCUT2D eigenvalue weighted by Crippen LogP contribution is 2.50. The molecule has 1 saturated heterocycles. The summed E-state index contributed by atoms with van der Waals surface area (Å²) in [6.45, 7) is 16.6. The molecule has 2 aromatic heterocycles. The van der Waals surface area contributed by atoms with Gasteiger partial charge in [0.05, 0.1) is 22.4 Å². The molecule has 0 N–H and O–H groups in total. The van der Waals surface area contributed by atoms with Gasteiger partial charge in [-0.05, 0) is 74.3 Å². The number of halogens is 3. The quantitative estimate of drug-likeness (QED) is 0.377. The van der Waals surface area contributed by atoms with Crippen molar-refractivity contribution in [2.45, 2.75) is 90.0 Å².